The Morgan fingerprint density at radius 1 is 1.15 bits per heavy atom. The molecule has 2 aromatic rings. The maximum atomic E-state index is 12.1. The molecule has 0 aliphatic rings. The lowest BCUT2D eigenvalue weighted by Crippen LogP contribution is -2.12. The van der Waals surface area contributed by atoms with Crippen LogP contribution in [0.2, 0.25) is 0 Å². The van der Waals surface area contributed by atoms with Gasteiger partial charge in [0.05, 0.1) is 26.1 Å². The van der Waals surface area contributed by atoms with Crippen LogP contribution in [-0.4, -0.2) is 25.1 Å². The van der Waals surface area contributed by atoms with E-state index in [2.05, 4.69) is 26.2 Å². The van der Waals surface area contributed by atoms with Crippen molar-refractivity contribution >= 4 is 27.5 Å². The summed E-state index contributed by atoms with van der Waals surface area (Å²) in [6.45, 7) is 0. The number of nitrogens with zero attached hydrogens (tertiary/aromatic N) is 1. The van der Waals surface area contributed by atoms with Gasteiger partial charge in [-0.05, 0) is 40.2 Å². The predicted octanol–water partition coefficient (Wildman–Crippen LogP) is 3.11. The quantitative estimate of drug-likeness (QED) is 0.931. The van der Waals surface area contributed by atoms with Crippen molar-refractivity contribution in [2.24, 2.45) is 0 Å². The van der Waals surface area contributed by atoms with E-state index in [0.29, 0.717) is 22.7 Å². The van der Waals surface area contributed by atoms with E-state index in [1.165, 1.54) is 7.11 Å². The summed E-state index contributed by atoms with van der Waals surface area (Å²) in [5, 5.41) is 2.76. The van der Waals surface area contributed by atoms with Gasteiger partial charge >= 0.3 is 0 Å². The second kappa shape index (κ2) is 6.38. The number of hydrogen-bond donors (Lipinski definition) is 1. The van der Waals surface area contributed by atoms with Crippen LogP contribution in [0.1, 0.15) is 10.4 Å². The highest BCUT2D eigenvalue weighted by Gasteiger charge is 2.11. The summed E-state index contributed by atoms with van der Waals surface area (Å²) in [5.41, 5.74) is 1.08. The van der Waals surface area contributed by atoms with Gasteiger partial charge in [-0.2, -0.15) is 0 Å². The van der Waals surface area contributed by atoms with Gasteiger partial charge in [-0.15, -0.1) is 0 Å². The Bertz CT molecular complexity index is 632. The molecule has 0 spiro atoms. The number of nitrogens with one attached hydrogen (secondary N) is 1. The Morgan fingerprint density at radius 3 is 2.55 bits per heavy atom. The third-order valence-corrected chi connectivity index (χ3v) is 3.04. The highest BCUT2D eigenvalue weighted by atomic mass is 79.9. The number of carbonyl (C=O) groups excluding carboxylic acids is 1. The van der Waals surface area contributed by atoms with Crippen LogP contribution in [0.5, 0.6) is 11.5 Å². The van der Waals surface area contributed by atoms with E-state index in [1.54, 1.807) is 43.8 Å². The predicted molar refractivity (Wildman–Crippen MR) is 79.4 cm³/mol. The molecule has 0 unspecified atom stereocenters. The smallest absolute Gasteiger partial charge is 0.255 e. The van der Waals surface area contributed by atoms with Crippen molar-refractivity contribution in [3.63, 3.8) is 0 Å². The number of aromatic nitrogens is 1. The molecule has 104 valence electrons. The number of ether oxygens (including phenoxy) is 2. The van der Waals surface area contributed by atoms with E-state index in [-0.39, 0.29) is 5.91 Å². The zero-order chi connectivity index (χ0) is 14.5. The first-order valence-corrected chi connectivity index (χ1v) is 6.57. The zero-order valence-electron chi connectivity index (χ0n) is 11.0. The molecule has 0 saturated heterocycles. The number of anilines is 1. The summed E-state index contributed by atoms with van der Waals surface area (Å²) in [7, 11) is 3.07. The van der Waals surface area contributed by atoms with Crippen molar-refractivity contribution in [1.29, 1.82) is 0 Å². The minimum atomic E-state index is -0.245. The van der Waals surface area contributed by atoms with Crippen LogP contribution in [0.15, 0.2) is 41.1 Å². The lowest BCUT2D eigenvalue weighted by molar-refractivity contribution is 0.102. The number of benzene rings is 1. The highest BCUT2D eigenvalue weighted by molar-refractivity contribution is 9.10. The molecule has 0 bridgehead atoms. The van der Waals surface area contributed by atoms with Gasteiger partial charge in [0.15, 0.2) is 11.5 Å². The Balaban J connectivity index is 2.21. The van der Waals surface area contributed by atoms with Crippen molar-refractivity contribution < 1.29 is 14.3 Å². The molecule has 0 saturated carbocycles. The van der Waals surface area contributed by atoms with Crippen molar-refractivity contribution in [3.05, 3.63) is 46.7 Å². The van der Waals surface area contributed by atoms with Crippen LogP contribution in [0.4, 0.5) is 5.69 Å². The third-order valence-electron chi connectivity index (χ3n) is 2.61. The number of halogens is 1. The van der Waals surface area contributed by atoms with E-state index in [1.807, 2.05) is 0 Å². The second-order valence-electron chi connectivity index (χ2n) is 3.92. The van der Waals surface area contributed by atoms with E-state index >= 15 is 0 Å². The lowest BCUT2D eigenvalue weighted by atomic mass is 10.2. The van der Waals surface area contributed by atoms with Crippen LogP contribution >= 0.6 is 15.9 Å². The first-order chi connectivity index (χ1) is 9.63. The molecule has 0 atom stereocenters. The van der Waals surface area contributed by atoms with Gasteiger partial charge < -0.3 is 14.8 Å². The summed E-state index contributed by atoms with van der Waals surface area (Å²) in [5.74, 6) is 0.839. The molecular weight excluding hydrogens is 324 g/mol. The minimum Gasteiger partial charge on any atom is -0.493 e. The zero-order valence-corrected chi connectivity index (χ0v) is 12.6. The van der Waals surface area contributed by atoms with E-state index in [9.17, 15) is 4.79 Å². The molecule has 2 rings (SSSR count). The number of carbonyl (C=O) groups is 1. The van der Waals surface area contributed by atoms with Crippen molar-refractivity contribution in [1.82, 2.24) is 4.98 Å². The van der Waals surface area contributed by atoms with Crippen LogP contribution < -0.4 is 14.8 Å². The number of rotatable bonds is 4. The normalized spacial score (nSPS) is 9.95. The van der Waals surface area contributed by atoms with Gasteiger partial charge in [0.2, 0.25) is 0 Å². The number of amides is 1. The van der Waals surface area contributed by atoms with Crippen molar-refractivity contribution in [2.45, 2.75) is 0 Å². The lowest BCUT2D eigenvalue weighted by Gasteiger charge is -2.10. The molecule has 1 amide bonds. The van der Waals surface area contributed by atoms with E-state index < -0.39 is 0 Å². The molecule has 1 aromatic heterocycles. The van der Waals surface area contributed by atoms with Gasteiger partial charge in [-0.3, -0.25) is 9.78 Å². The monoisotopic (exact) mass is 336 g/mol. The average molecular weight is 337 g/mol. The summed E-state index contributed by atoms with van der Waals surface area (Å²) in [6, 6.07) is 6.75. The summed E-state index contributed by atoms with van der Waals surface area (Å²) >= 11 is 3.30. The molecular formula is C14H13BrN2O3. The molecule has 0 aliphatic heterocycles. The van der Waals surface area contributed by atoms with Gasteiger partial charge in [0, 0.05) is 16.2 Å². The van der Waals surface area contributed by atoms with E-state index in [4.69, 9.17) is 9.47 Å². The summed E-state index contributed by atoms with van der Waals surface area (Å²) in [4.78, 5) is 16.1. The Labute approximate surface area is 125 Å². The first-order valence-electron chi connectivity index (χ1n) is 5.78. The number of pyridine rings is 1. The molecule has 6 heteroatoms. The van der Waals surface area contributed by atoms with Crippen LogP contribution in [-0.2, 0) is 0 Å². The first kappa shape index (κ1) is 14.3. The van der Waals surface area contributed by atoms with Gasteiger partial charge in [-0.1, -0.05) is 0 Å². The topological polar surface area (TPSA) is 60.5 Å². The Kier molecular flexibility index (Phi) is 4.57. The maximum absolute atomic E-state index is 12.1. The van der Waals surface area contributed by atoms with E-state index in [0.717, 1.165) is 4.47 Å². The highest BCUT2D eigenvalue weighted by Crippen LogP contribution is 2.27. The molecule has 5 nitrogen and oxygen atoms in total. The van der Waals surface area contributed by atoms with Crippen molar-refractivity contribution in [2.75, 3.05) is 19.5 Å². The average Bonchev–Trinajstić information content (AvgIpc) is 2.46. The largest absolute Gasteiger partial charge is 0.493 e. The SMILES string of the molecule is COc1ccc(C(=O)Nc2cncc(Br)c2)cc1OC. The third kappa shape index (κ3) is 3.27. The maximum Gasteiger partial charge on any atom is 0.255 e. The number of hydrogen-bond acceptors (Lipinski definition) is 4. The van der Waals surface area contributed by atoms with Gasteiger partial charge in [-0.25, -0.2) is 0 Å². The minimum absolute atomic E-state index is 0.245. The van der Waals surface area contributed by atoms with Gasteiger partial charge in [0.25, 0.3) is 5.91 Å². The standard InChI is InChI=1S/C14H13BrN2O3/c1-19-12-4-3-9(5-13(12)20-2)14(18)17-11-6-10(15)7-16-8-11/h3-8H,1-2H3,(H,17,18). The Hall–Kier alpha value is -2.08. The number of methoxy groups -OCH3 is 2. The summed E-state index contributed by atoms with van der Waals surface area (Å²) in [6.07, 6.45) is 3.22. The van der Waals surface area contributed by atoms with Crippen molar-refractivity contribution in [3.8, 4) is 11.5 Å². The van der Waals surface area contributed by atoms with Crippen LogP contribution in [0, 0.1) is 0 Å². The summed E-state index contributed by atoms with van der Waals surface area (Å²) < 4.78 is 11.1. The molecule has 0 aliphatic carbocycles. The fourth-order valence-electron chi connectivity index (χ4n) is 1.66. The Morgan fingerprint density at radius 2 is 1.90 bits per heavy atom. The molecule has 0 radical (unpaired) electrons. The molecule has 0 fully saturated rings. The molecule has 20 heavy (non-hydrogen) atoms. The fourth-order valence-corrected chi connectivity index (χ4v) is 2.03. The second-order valence-corrected chi connectivity index (χ2v) is 4.83. The fraction of sp³-hybridized carbons (Fsp3) is 0.143. The molecule has 1 N–H and O–H groups in total. The molecule has 1 aromatic carbocycles. The van der Waals surface area contributed by atoms with Gasteiger partial charge in [0.1, 0.15) is 0 Å². The van der Waals surface area contributed by atoms with Crippen LogP contribution in [0.3, 0.4) is 0 Å². The molecule has 1 heterocycles. The van der Waals surface area contributed by atoms with Crippen LogP contribution in [0.25, 0.3) is 0 Å².